The molecule has 0 aliphatic carbocycles. The first-order valence-corrected chi connectivity index (χ1v) is 17.7. The van der Waals surface area contributed by atoms with Crippen LogP contribution in [0.2, 0.25) is 0 Å². The summed E-state index contributed by atoms with van der Waals surface area (Å²) >= 11 is 0. The highest BCUT2D eigenvalue weighted by Gasteiger charge is 2.09. The second-order valence-corrected chi connectivity index (χ2v) is 12.5. The van der Waals surface area contributed by atoms with Crippen molar-refractivity contribution in [2.45, 2.75) is 188 Å². The lowest BCUT2D eigenvalue weighted by molar-refractivity contribution is 0.239. The zero-order valence-corrected chi connectivity index (χ0v) is 25.7. The molecule has 212 valence electrons. The first kappa shape index (κ1) is 35.4. The van der Waals surface area contributed by atoms with Crippen molar-refractivity contribution >= 4 is 8.38 Å². The van der Waals surface area contributed by atoms with Gasteiger partial charge in [0.05, 0.1) is 13.2 Å². The third kappa shape index (κ3) is 30.5. The summed E-state index contributed by atoms with van der Waals surface area (Å²) in [5, 5.41) is 0. The Morgan fingerprint density at radius 2 is 0.571 bits per heavy atom. The first-order chi connectivity index (χ1) is 17.3. The van der Waals surface area contributed by atoms with Crippen molar-refractivity contribution in [3.8, 4) is 0 Å². The van der Waals surface area contributed by atoms with Crippen molar-refractivity contribution in [1.82, 2.24) is 0 Å². The topological polar surface area (TPSA) is 18.5 Å². The molecule has 0 bridgehead atoms. The van der Waals surface area contributed by atoms with Gasteiger partial charge in [0.25, 0.3) is 0 Å². The standard InChI is InChI=1S/C32H67O2P/c1-4-7-10-12-14-16-18-20-22-24-26-28-30-33-35(32-9-6-3)34-31-29-27-25-23-21-19-17-15-13-11-8-5-2/h4-32H2,1-3H3. The molecule has 2 nitrogen and oxygen atoms in total. The summed E-state index contributed by atoms with van der Waals surface area (Å²) in [5.74, 6) is 0. The lowest BCUT2D eigenvalue weighted by Crippen LogP contribution is -1.99. The minimum atomic E-state index is -0.645. The smallest absolute Gasteiger partial charge is 0.170 e. The Morgan fingerprint density at radius 1 is 0.314 bits per heavy atom. The number of hydrogen-bond acceptors (Lipinski definition) is 2. The molecule has 0 unspecified atom stereocenters. The van der Waals surface area contributed by atoms with Crippen LogP contribution in [0.3, 0.4) is 0 Å². The van der Waals surface area contributed by atoms with E-state index in [1.54, 1.807) is 0 Å². The van der Waals surface area contributed by atoms with Crippen molar-refractivity contribution in [3.05, 3.63) is 0 Å². The molecule has 0 saturated heterocycles. The van der Waals surface area contributed by atoms with Crippen molar-refractivity contribution in [1.29, 1.82) is 0 Å². The Kier molecular flexibility index (Phi) is 32.7. The van der Waals surface area contributed by atoms with E-state index in [9.17, 15) is 0 Å². The molecule has 0 atom stereocenters. The Morgan fingerprint density at radius 3 is 0.857 bits per heavy atom. The summed E-state index contributed by atoms with van der Waals surface area (Å²) in [5.41, 5.74) is 0. The summed E-state index contributed by atoms with van der Waals surface area (Å²) in [6.07, 6.45) is 37.2. The van der Waals surface area contributed by atoms with Crippen LogP contribution in [0.25, 0.3) is 0 Å². The summed E-state index contributed by atoms with van der Waals surface area (Å²) in [6, 6.07) is 0. The molecule has 0 aromatic carbocycles. The fourth-order valence-corrected chi connectivity index (χ4v) is 6.25. The molecule has 0 heterocycles. The van der Waals surface area contributed by atoms with Gasteiger partial charge in [-0.05, 0) is 19.3 Å². The molecule has 0 rings (SSSR count). The van der Waals surface area contributed by atoms with Crippen molar-refractivity contribution in [2.24, 2.45) is 0 Å². The van der Waals surface area contributed by atoms with Gasteiger partial charge in [-0.2, -0.15) is 0 Å². The number of hydrogen-bond donors (Lipinski definition) is 0. The van der Waals surface area contributed by atoms with E-state index in [1.807, 2.05) is 0 Å². The molecule has 0 fully saturated rings. The Balaban J connectivity index is 3.48. The molecule has 0 saturated carbocycles. The monoisotopic (exact) mass is 514 g/mol. The van der Waals surface area contributed by atoms with Gasteiger partial charge < -0.3 is 9.05 Å². The van der Waals surface area contributed by atoms with Gasteiger partial charge in [0.15, 0.2) is 8.38 Å². The maximum absolute atomic E-state index is 6.19. The van der Waals surface area contributed by atoms with Crippen LogP contribution in [0.4, 0.5) is 0 Å². The van der Waals surface area contributed by atoms with Crippen molar-refractivity contribution < 1.29 is 9.05 Å². The van der Waals surface area contributed by atoms with Gasteiger partial charge in [-0.3, -0.25) is 0 Å². The lowest BCUT2D eigenvalue weighted by Gasteiger charge is -2.17. The zero-order chi connectivity index (χ0) is 25.5. The maximum Gasteiger partial charge on any atom is 0.170 e. The van der Waals surface area contributed by atoms with Gasteiger partial charge in [0.2, 0.25) is 0 Å². The predicted molar refractivity (Wildman–Crippen MR) is 161 cm³/mol. The van der Waals surface area contributed by atoms with Crippen molar-refractivity contribution in [3.63, 3.8) is 0 Å². The van der Waals surface area contributed by atoms with E-state index in [-0.39, 0.29) is 0 Å². The maximum atomic E-state index is 6.19. The van der Waals surface area contributed by atoms with E-state index in [4.69, 9.17) is 9.05 Å². The Bertz CT molecular complexity index is 333. The van der Waals surface area contributed by atoms with Gasteiger partial charge in [-0.15, -0.1) is 0 Å². The number of rotatable bonds is 31. The summed E-state index contributed by atoms with van der Waals surface area (Å²) in [4.78, 5) is 0. The number of unbranched alkanes of at least 4 members (excludes halogenated alkanes) is 23. The van der Waals surface area contributed by atoms with E-state index in [0.717, 1.165) is 19.4 Å². The van der Waals surface area contributed by atoms with E-state index < -0.39 is 8.38 Å². The average molecular weight is 515 g/mol. The summed E-state index contributed by atoms with van der Waals surface area (Å²) in [7, 11) is -0.645. The van der Waals surface area contributed by atoms with Gasteiger partial charge in [-0.1, -0.05) is 168 Å². The quantitative estimate of drug-likeness (QED) is 0.0676. The zero-order valence-electron chi connectivity index (χ0n) is 24.8. The molecule has 35 heavy (non-hydrogen) atoms. The molecule has 0 spiro atoms. The third-order valence-corrected chi connectivity index (χ3v) is 8.78. The van der Waals surface area contributed by atoms with E-state index >= 15 is 0 Å². The molecule has 0 N–H and O–H groups in total. The van der Waals surface area contributed by atoms with Gasteiger partial charge in [0.1, 0.15) is 0 Å². The van der Waals surface area contributed by atoms with Crippen LogP contribution in [-0.4, -0.2) is 19.4 Å². The molecule has 0 radical (unpaired) electrons. The molecule has 0 aromatic rings. The van der Waals surface area contributed by atoms with Gasteiger partial charge in [-0.25, -0.2) is 0 Å². The second kappa shape index (κ2) is 32.4. The molecule has 0 amide bonds. The minimum Gasteiger partial charge on any atom is -0.334 e. The second-order valence-electron chi connectivity index (χ2n) is 10.9. The first-order valence-electron chi connectivity index (χ1n) is 16.4. The summed E-state index contributed by atoms with van der Waals surface area (Å²) in [6.45, 7) is 8.68. The largest absolute Gasteiger partial charge is 0.334 e. The highest BCUT2D eigenvalue weighted by molar-refractivity contribution is 7.47. The van der Waals surface area contributed by atoms with Crippen LogP contribution in [0.5, 0.6) is 0 Å². The fraction of sp³-hybridized carbons (Fsp3) is 1.00. The lowest BCUT2D eigenvalue weighted by atomic mass is 10.1. The predicted octanol–water partition coefficient (Wildman–Crippen LogP) is 12.5. The molecular weight excluding hydrogens is 447 g/mol. The van der Waals surface area contributed by atoms with E-state index in [2.05, 4.69) is 20.8 Å². The van der Waals surface area contributed by atoms with Crippen LogP contribution in [0, 0.1) is 0 Å². The highest BCUT2D eigenvalue weighted by Crippen LogP contribution is 2.39. The van der Waals surface area contributed by atoms with Crippen LogP contribution in [-0.2, 0) is 9.05 Å². The van der Waals surface area contributed by atoms with Crippen molar-refractivity contribution in [2.75, 3.05) is 19.4 Å². The Labute approximate surface area is 224 Å². The normalized spacial score (nSPS) is 11.7. The van der Waals surface area contributed by atoms with Crippen LogP contribution in [0.1, 0.15) is 188 Å². The highest BCUT2D eigenvalue weighted by atomic mass is 31.2. The third-order valence-electron chi connectivity index (χ3n) is 7.16. The molecular formula is C32H67O2P. The van der Waals surface area contributed by atoms with E-state index in [1.165, 1.54) is 167 Å². The SMILES string of the molecule is CCCCCCCCCCCCCCOP(CCCC)OCCCCCCCCCCCCCC. The van der Waals surface area contributed by atoms with E-state index in [0.29, 0.717) is 0 Å². The van der Waals surface area contributed by atoms with Crippen LogP contribution in [0.15, 0.2) is 0 Å². The van der Waals surface area contributed by atoms with Crippen LogP contribution >= 0.6 is 8.38 Å². The van der Waals surface area contributed by atoms with Gasteiger partial charge in [0, 0.05) is 6.16 Å². The Hall–Kier alpha value is 0.350. The minimum absolute atomic E-state index is 0.645. The molecule has 0 aliphatic heterocycles. The summed E-state index contributed by atoms with van der Waals surface area (Å²) < 4.78 is 12.4. The molecule has 0 aromatic heterocycles. The fourth-order valence-electron chi connectivity index (χ4n) is 4.67. The van der Waals surface area contributed by atoms with Gasteiger partial charge >= 0.3 is 0 Å². The van der Waals surface area contributed by atoms with Crippen LogP contribution < -0.4 is 0 Å². The molecule has 0 aliphatic rings. The molecule has 3 heteroatoms. The average Bonchev–Trinajstić information content (AvgIpc) is 2.87.